The first kappa shape index (κ1) is 27.8. The van der Waals surface area contributed by atoms with Gasteiger partial charge in [-0.2, -0.15) is 5.26 Å². The molecule has 196 valence electrons. The summed E-state index contributed by atoms with van der Waals surface area (Å²) in [5.74, 6) is -2.52. The van der Waals surface area contributed by atoms with Crippen LogP contribution in [0.1, 0.15) is 36.6 Å². The summed E-state index contributed by atoms with van der Waals surface area (Å²) in [6, 6.07) is 13.4. The summed E-state index contributed by atoms with van der Waals surface area (Å²) >= 11 is 0. The van der Waals surface area contributed by atoms with Crippen LogP contribution in [0.2, 0.25) is 0 Å². The van der Waals surface area contributed by atoms with Gasteiger partial charge in [-0.3, -0.25) is 4.79 Å². The molecule has 0 bridgehead atoms. The van der Waals surface area contributed by atoms with E-state index in [2.05, 4.69) is 47.1 Å². The molecule has 2 heterocycles. The van der Waals surface area contributed by atoms with Crippen LogP contribution in [0.4, 0.5) is 5.69 Å². The highest BCUT2D eigenvalue weighted by Gasteiger charge is 2.34. The average molecular weight is 518 g/mol. The molecule has 3 aromatic rings. The van der Waals surface area contributed by atoms with Gasteiger partial charge >= 0.3 is 11.9 Å². The van der Waals surface area contributed by atoms with E-state index >= 15 is 0 Å². The monoisotopic (exact) mass is 517 g/mol. The molecule has 1 amide bonds. The van der Waals surface area contributed by atoms with Gasteiger partial charge in [0.2, 0.25) is 5.91 Å². The van der Waals surface area contributed by atoms with Crippen LogP contribution in [-0.2, 0) is 14.4 Å². The van der Waals surface area contributed by atoms with Crippen molar-refractivity contribution < 1.29 is 29.3 Å². The number of rotatable bonds is 8. The molecular weight excluding hydrogens is 490 g/mol. The van der Waals surface area contributed by atoms with Gasteiger partial charge in [-0.25, -0.2) is 19.6 Å². The number of carbonyl (C=O) groups excluding carboxylic acids is 1. The summed E-state index contributed by atoms with van der Waals surface area (Å²) in [5, 5.41) is 28.5. The minimum absolute atomic E-state index is 0.155. The van der Waals surface area contributed by atoms with Gasteiger partial charge < -0.3 is 25.2 Å². The Kier molecular flexibility index (Phi) is 9.08. The van der Waals surface area contributed by atoms with Gasteiger partial charge in [0.25, 0.3) is 0 Å². The van der Waals surface area contributed by atoms with Crippen molar-refractivity contribution in [2.75, 3.05) is 25.5 Å². The molecule has 1 aliphatic heterocycles. The third-order valence-electron chi connectivity index (χ3n) is 5.89. The highest BCUT2D eigenvalue weighted by atomic mass is 16.5. The number of hydrogen-bond acceptors (Lipinski definition) is 8. The van der Waals surface area contributed by atoms with E-state index in [1.54, 1.807) is 18.2 Å². The second kappa shape index (κ2) is 12.4. The average Bonchev–Trinajstić information content (AvgIpc) is 3.21. The molecule has 1 atom stereocenters. The van der Waals surface area contributed by atoms with E-state index in [1.165, 1.54) is 6.33 Å². The van der Waals surface area contributed by atoms with Crippen molar-refractivity contribution in [3.05, 3.63) is 71.7 Å². The van der Waals surface area contributed by atoms with Gasteiger partial charge in [-0.1, -0.05) is 0 Å². The zero-order valence-electron chi connectivity index (χ0n) is 21.1. The molecular formula is C27H27N5O6. The number of anilines is 1. The number of carboxylic acid groups (broad SMARTS) is 2. The SMILES string of the molecule is CC(C)N(C)CCOc1ccc2c(C3C(=O)Nc4ccc(C#N)cc43)ncnc2c1.O=C(O)/C=C/C(=O)O. The molecule has 1 aromatic heterocycles. The number of carboxylic acids is 2. The maximum atomic E-state index is 12.7. The molecule has 0 aliphatic carbocycles. The first-order valence-electron chi connectivity index (χ1n) is 11.7. The normalized spacial score (nSPS) is 14.1. The molecule has 0 saturated heterocycles. The maximum Gasteiger partial charge on any atom is 0.328 e. The van der Waals surface area contributed by atoms with Crippen LogP contribution in [0.3, 0.4) is 0 Å². The summed E-state index contributed by atoms with van der Waals surface area (Å²) < 4.78 is 5.89. The fraction of sp³-hybridized carbons (Fsp3) is 0.259. The number of ether oxygens (including phenoxy) is 1. The molecule has 0 spiro atoms. The number of likely N-dealkylation sites (N-methyl/N-ethyl adjacent to an activating group) is 1. The first-order valence-corrected chi connectivity index (χ1v) is 11.7. The van der Waals surface area contributed by atoms with Crippen molar-refractivity contribution in [1.82, 2.24) is 14.9 Å². The summed E-state index contributed by atoms with van der Waals surface area (Å²) in [7, 11) is 2.07. The molecule has 1 unspecified atom stereocenters. The van der Waals surface area contributed by atoms with E-state index in [4.69, 9.17) is 14.9 Å². The van der Waals surface area contributed by atoms with Gasteiger partial charge in [-0.15, -0.1) is 0 Å². The van der Waals surface area contributed by atoms with Crippen LogP contribution in [0, 0.1) is 11.3 Å². The summed E-state index contributed by atoms with van der Waals surface area (Å²) in [5.41, 5.74) is 3.32. The number of hydrogen-bond donors (Lipinski definition) is 3. The second-order valence-electron chi connectivity index (χ2n) is 8.71. The fourth-order valence-corrected chi connectivity index (χ4v) is 3.69. The first-order chi connectivity index (χ1) is 18.1. The second-order valence-corrected chi connectivity index (χ2v) is 8.71. The van der Waals surface area contributed by atoms with E-state index < -0.39 is 17.9 Å². The molecule has 0 fully saturated rings. The Morgan fingerprint density at radius 3 is 2.50 bits per heavy atom. The Labute approximate surface area is 219 Å². The van der Waals surface area contributed by atoms with Crippen molar-refractivity contribution in [3.8, 4) is 11.8 Å². The number of benzene rings is 2. The Hall–Kier alpha value is -4.82. The minimum Gasteiger partial charge on any atom is -0.492 e. The summed E-state index contributed by atoms with van der Waals surface area (Å²) in [6.07, 6.45) is 2.58. The van der Waals surface area contributed by atoms with Crippen molar-refractivity contribution in [2.45, 2.75) is 25.8 Å². The topological polar surface area (TPSA) is 166 Å². The zero-order chi connectivity index (χ0) is 27.8. The number of amides is 1. The molecule has 1 aliphatic rings. The predicted octanol–water partition coefficient (Wildman–Crippen LogP) is 3.02. The van der Waals surface area contributed by atoms with Crippen LogP contribution < -0.4 is 10.1 Å². The molecule has 11 nitrogen and oxygen atoms in total. The number of aromatic nitrogens is 2. The molecule has 11 heteroatoms. The van der Waals surface area contributed by atoms with E-state index in [0.29, 0.717) is 47.3 Å². The number of nitrogens with zero attached hydrogens (tertiary/aromatic N) is 4. The molecule has 0 saturated carbocycles. The lowest BCUT2D eigenvalue weighted by Crippen LogP contribution is -2.30. The van der Waals surface area contributed by atoms with Crippen molar-refractivity contribution >= 4 is 34.4 Å². The highest BCUT2D eigenvalue weighted by Crippen LogP contribution is 2.39. The lowest BCUT2D eigenvalue weighted by molar-refractivity contribution is -0.134. The quantitative estimate of drug-likeness (QED) is 0.378. The number of carbonyl (C=O) groups is 3. The van der Waals surface area contributed by atoms with Gasteiger partial charge in [0.15, 0.2) is 0 Å². The standard InChI is InChI=1S/C23H23N5O2.C4H4O4/c1-14(2)28(3)8-9-30-16-5-6-17-20(11-16)25-13-26-22(17)21-18-10-15(12-24)4-7-19(18)27-23(21)29;5-3(6)1-2-4(7)8/h4-7,10-11,13-14,21H,8-9H2,1-3H3,(H,27,29);1-2H,(H,5,6)(H,7,8)/b;2-1+. The molecule has 38 heavy (non-hydrogen) atoms. The smallest absolute Gasteiger partial charge is 0.328 e. The van der Waals surface area contributed by atoms with Gasteiger partial charge in [0.05, 0.1) is 22.8 Å². The van der Waals surface area contributed by atoms with Gasteiger partial charge in [-0.05, 0) is 56.8 Å². The van der Waals surface area contributed by atoms with Crippen LogP contribution in [0.5, 0.6) is 5.75 Å². The fourth-order valence-electron chi connectivity index (χ4n) is 3.69. The number of aliphatic carboxylic acids is 2. The van der Waals surface area contributed by atoms with Crippen LogP contribution >= 0.6 is 0 Å². The third kappa shape index (κ3) is 6.89. The lowest BCUT2D eigenvalue weighted by atomic mass is 9.93. The van der Waals surface area contributed by atoms with Crippen LogP contribution in [0.15, 0.2) is 54.9 Å². The Morgan fingerprint density at radius 1 is 1.16 bits per heavy atom. The molecule has 4 rings (SSSR count). The zero-order valence-corrected chi connectivity index (χ0v) is 21.1. The summed E-state index contributed by atoms with van der Waals surface area (Å²) in [4.78, 5) is 42.8. The van der Waals surface area contributed by atoms with Crippen molar-refractivity contribution in [2.24, 2.45) is 0 Å². The van der Waals surface area contributed by atoms with Crippen LogP contribution in [0.25, 0.3) is 10.9 Å². The number of fused-ring (bicyclic) bond motifs is 2. The maximum absolute atomic E-state index is 12.7. The van der Waals surface area contributed by atoms with E-state index in [1.807, 2.05) is 18.2 Å². The number of nitrogens with one attached hydrogen (secondary N) is 1. The Balaban J connectivity index is 0.000000436. The van der Waals surface area contributed by atoms with Gasteiger partial charge in [0, 0.05) is 41.9 Å². The molecule has 0 radical (unpaired) electrons. The predicted molar refractivity (Wildman–Crippen MR) is 139 cm³/mol. The van der Waals surface area contributed by atoms with E-state index in [0.717, 1.165) is 23.2 Å². The van der Waals surface area contributed by atoms with E-state index in [-0.39, 0.29) is 5.91 Å². The van der Waals surface area contributed by atoms with Crippen molar-refractivity contribution in [3.63, 3.8) is 0 Å². The summed E-state index contributed by atoms with van der Waals surface area (Å²) in [6.45, 7) is 5.69. The van der Waals surface area contributed by atoms with Gasteiger partial charge in [0.1, 0.15) is 24.6 Å². The number of nitriles is 1. The Bertz CT molecular complexity index is 1410. The minimum atomic E-state index is -1.26. The Morgan fingerprint density at radius 2 is 1.87 bits per heavy atom. The molecule has 2 aromatic carbocycles. The van der Waals surface area contributed by atoms with E-state index in [9.17, 15) is 19.6 Å². The van der Waals surface area contributed by atoms with Crippen molar-refractivity contribution in [1.29, 1.82) is 5.26 Å². The van der Waals surface area contributed by atoms with Crippen LogP contribution in [-0.4, -0.2) is 69.2 Å². The largest absolute Gasteiger partial charge is 0.492 e. The molecule has 3 N–H and O–H groups in total. The third-order valence-corrected chi connectivity index (χ3v) is 5.89. The highest BCUT2D eigenvalue weighted by molar-refractivity contribution is 6.06. The lowest BCUT2D eigenvalue weighted by Gasteiger charge is -2.20.